The van der Waals surface area contributed by atoms with Crippen LogP contribution in [0.25, 0.3) is 0 Å². The van der Waals surface area contributed by atoms with Crippen molar-refractivity contribution in [3.63, 3.8) is 0 Å². The second-order valence-corrected chi connectivity index (χ2v) is 4.13. The smallest absolute Gasteiger partial charge is 0.0349 e. The Morgan fingerprint density at radius 1 is 1.38 bits per heavy atom. The molecule has 1 rings (SSSR count). The Hall–Kier alpha value is -0.720. The van der Waals surface area contributed by atoms with Gasteiger partial charge in [-0.15, -0.1) is 0 Å². The lowest BCUT2D eigenvalue weighted by molar-refractivity contribution is 0.382. The van der Waals surface area contributed by atoms with Gasteiger partial charge in [-0.1, -0.05) is 26.0 Å². The first-order chi connectivity index (χ1) is 6.15. The van der Waals surface area contributed by atoms with Crippen molar-refractivity contribution in [3.8, 4) is 0 Å². The summed E-state index contributed by atoms with van der Waals surface area (Å²) in [6, 6.07) is 0. The second kappa shape index (κ2) is 4.50. The van der Waals surface area contributed by atoms with Gasteiger partial charge in [-0.2, -0.15) is 0 Å². The fourth-order valence-electron chi connectivity index (χ4n) is 1.98. The van der Waals surface area contributed by atoms with Crippen LogP contribution in [0.1, 0.15) is 33.6 Å². The number of rotatable bonds is 1. The molecule has 0 aromatic carbocycles. The van der Waals surface area contributed by atoms with E-state index in [0.29, 0.717) is 5.92 Å². The lowest BCUT2D eigenvalue weighted by atomic mass is 9.97. The SMILES string of the molecule is C/C=C1\C(=C/C(C)C)CCCN1C. The van der Waals surface area contributed by atoms with E-state index in [9.17, 15) is 0 Å². The van der Waals surface area contributed by atoms with E-state index < -0.39 is 0 Å². The fourth-order valence-corrected chi connectivity index (χ4v) is 1.98. The van der Waals surface area contributed by atoms with Crippen LogP contribution >= 0.6 is 0 Å². The number of hydrogen-bond donors (Lipinski definition) is 0. The summed E-state index contributed by atoms with van der Waals surface area (Å²) in [5.41, 5.74) is 2.96. The third-order valence-corrected chi connectivity index (χ3v) is 2.49. The summed E-state index contributed by atoms with van der Waals surface area (Å²) in [5.74, 6) is 0.663. The van der Waals surface area contributed by atoms with Crippen LogP contribution in [-0.2, 0) is 0 Å². The van der Waals surface area contributed by atoms with Crippen molar-refractivity contribution in [2.24, 2.45) is 5.92 Å². The molecular formula is C12H21N. The van der Waals surface area contributed by atoms with Crippen LogP contribution in [0.2, 0.25) is 0 Å². The van der Waals surface area contributed by atoms with Gasteiger partial charge in [-0.3, -0.25) is 0 Å². The highest BCUT2D eigenvalue weighted by atomic mass is 15.1. The van der Waals surface area contributed by atoms with Gasteiger partial charge < -0.3 is 4.90 Å². The standard InChI is InChI=1S/C12H21N/c1-5-12-11(9-10(2)3)7-6-8-13(12)4/h5,9-10H,6-8H2,1-4H3/b11-9-,12-5+. The van der Waals surface area contributed by atoms with Crippen molar-refractivity contribution in [1.29, 1.82) is 0 Å². The van der Waals surface area contributed by atoms with Gasteiger partial charge in [0.2, 0.25) is 0 Å². The van der Waals surface area contributed by atoms with Crippen molar-refractivity contribution in [2.45, 2.75) is 33.6 Å². The molecule has 0 aromatic rings. The molecule has 1 heterocycles. The van der Waals surface area contributed by atoms with Crippen molar-refractivity contribution < 1.29 is 0 Å². The van der Waals surface area contributed by atoms with Crippen molar-refractivity contribution in [2.75, 3.05) is 13.6 Å². The number of nitrogens with zero attached hydrogens (tertiary/aromatic N) is 1. The average Bonchev–Trinajstić information content (AvgIpc) is 2.03. The summed E-state index contributed by atoms with van der Waals surface area (Å²) in [7, 11) is 2.18. The highest BCUT2D eigenvalue weighted by Crippen LogP contribution is 2.25. The number of likely N-dealkylation sites (tertiary alicyclic amines) is 1. The number of likely N-dealkylation sites (N-methyl/N-ethyl adjacent to an activating group) is 1. The largest absolute Gasteiger partial charge is 0.375 e. The molecule has 1 aliphatic heterocycles. The minimum Gasteiger partial charge on any atom is -0.375 e. The summed E-state index contributed by atoms with van der Waals surface area (Å²) in [5, 5.41) is 0. The number of allylic oxidation sites excluding steroid dienone is 3. The predicted molar refractivity (Wildman–Crippen MR) is 58.5 cm³/mol. The maximum atomic E-state index is 2.39. The molecule has 1 nitrogen and oxygen atoms in total. The molecule has 0 atom stereocenters. The topological polar surface area (TPSA) is 3.24 Å². The van der Waals surface area contributed by atoms with Crippen molar-refractivity contribution >= 4 is 0 Å². The molecule has 13 heavy (non-hydrogen) atoms. The molecule has 0 bridgehead atoms. The van der Waals surface area contributed by atoms with E-state index in [-0.39, 0.29) is 0 Å². The molecule has 0 aromatic heterocycles. The van der Waals surface area contributed by atoms with E-state index >= 15 is 0 Å². The quantitative estimate of drug-likeness (QED) is 0.597. The average molecular weight is 179 g/mol. The van der Waals surface area contributed by atoms with E-state index in [1.165, 1.54) is 30.7 Å². The van der Waals surface area contributed by atoms with Crippen LogP contribution < -0.4 is 0 Å². The summed E-state index contributed by atoms with van der Waals surface area (Å²) >= 11 is 0. The van der Waals surface area contributed by atoms with Gasteiger partial charge in [0.1, 0.15) is 0 Å². The zero-order valence-electron chi connectivity index (χ0n) is 9.30. The first-order valence-electron chi connectivity index (χ1n) is 5.23. The molecule has 0 unspecified atom stereocenters. The molecule has 0 N–H and O–H groups in total. The maximum Gasteiger partial charge on any atom is 0.0349 e. The molecule has 1 heteroatoms. The minimum absolute atomic E-state index is 0.663. The molecule has 74 valence electrons. The second-order valence-electron chi connectivity index (χ2n) is 4.13. The summed E-state index contributed by atoms with van der Waals surface area (Å²) in [6.45, 7) is 7.82. The highest BCUT2D eigenvalue weighted by Gasteiger charge is 2.15. The van der Waals surface area contributed by atoms with Crippen LogP contribution in [0.3, 0.4) is 0 Å². The Bertz CT molecular complexity index is 223. The highest BCUT2D eigenvalue weighted by molar-refractivity contribution is 5.31. The van der Waals surface area contributed by atoms with E-state index in [1.807, 2.05) is 0 Å². The zero-order chi connectivity index (χ0) is 9.84. The fraction of sp³-hybridized carbons (Fsp3) is 0.667. The Labute approximate surface area is 82.1 Å². The Balaban J connectivity index is 2.83. The Morgan fingerprint density at radius 2 is 2.08 bits per heavy atom. The van der Waals surface area contributed by atoms with Gasteiger partial charge >= 0.3 is 0 Å². The van der Waals surface area contributed by atoms with Crippen LogP contribution in [-0.4, -0.2) is 18.5 Å². The van der Waals surface area contributed by atoms with Crippen molar-refractivity contribution in [1.82, 2.24) is 4.90 Å². The van der Waals surface area contributed by atoms with Gasteiger partial charge in [0.25, 0.3) is 0 Å². The zero-order valence-corrected chi connectivity index (χ0v) is 9.30. The molecule has 1 fully saturated rings. The van der Waals surface area contributed by atoms with Crippen molar-refractivity contribution in [3.05, 3.63) is 23.4 Å². The van der Waals surface area contributed by atoms with E-state index in [1.54, 1.807) is 0 Å². The lowest BCUT2D eigenvalue weighted by Crippen LogP contribution is -2.25. The molecule has 0 amide bonds. The normalized spacial score (nSPS) is 24.8. The monoisotopic (exact) mass is 179 g/mol. The molecular weight excluding hydrogens is 158 g/mol. The number of piperidine rings is 1. The molecule has 0 spiro atoms. The van der Waals surface area contributed by atoms with Gasteiger partial charge in [0.15, 0.2) is 0 Å². The van der Waals surface area contributed by atoms with Crippen LogP contribution in [0.15, 0.2) is 23.4 Å². The first kappa shape index (κ1) is 10.4. The van der Waals surface area contributed by atoms with Gasteiger partial charge in [0, 0.05) is 19.3 Å². The summed E-state index contributed by atoms with van der Waals surface area (Å²) in [4.78, 5) is 2.36. The molecule has 0 radical (unpaired) electrons. The predicted octanol–water partition coefficient (Wildman–Crippen LogP) is 3.20. The summed E-state index contributed by atoms with van der Waals surface area (Å²) < 4.78 is 0. The minimum atomic E-state index is 0.663. The third-order valence-electron chi connectivity index (χ3n) is 2.49. The molecule has 1 saturated heterocycles. The van der Waals surface area contributed by atoms with Gasteiger partial charge in [-0.25, -0.2) is 0 Å². The maximum absolute atomic E-state index is 2.39. The Kier molecular flexibility index (Phi) is 3.58. The van der Waals surface area contributed by atoms with Gasteiger partial charge in [-0.05, 0) is 31.3 Å². The Morgan fingerprint density at radius 3 is 2.62 bits per heavy atom. The van der Waals surface area contributed by atoms with Crippen LogP contribution in [0.5, 0.6) is 0 Å². The van der Waals surface area contributed by atoms with Gasteiger partial charge in [0.05, 0.1) is 0 Å². The van der Waals surface area contributed by atoms with E-state index in [2.05, 4.69) is 44.9 Å². The van der Waals surface area contributed by atoms with Crippen LogP contribution in [0, 0.1) is 5.92 Å². The molecule has 0 saturated carbocycles. The molecule has 1 aliphatic rings. The third kappa shape index (κ3) is 2.61. The number of hydrogen-bond acceptors (Lipinski definition) is 1. The lowest BCUT2D eigenvalue weighted by Gasteiger charge is -2.30. The first-order valence-corrected chi connectivity index (χ1v) is 5.23. The van der Waals surface area contributed by atoms with Crippen LogP contribution in [0.4, 0.5) is 0 Å². The van der Waals surface area contributed by atoms with E-state index in [0.717, 1.165) is 0 Å². The summed E-state index contributed by atoms with van der Waals surface area (Å²) in [6.07, 6.45) is 7.17. The van der Waals surface area contributed by atoms with E-state index in [4.69, 9.17) is 0 Å². The molecule has 0 aliphatic carbocycles.